The van der Waals surface area contributed by atoms with Gasteiger partial charge in [-0.25, -0.2) is 4.98 Å². The van der Waals surface area contributed by atoms with Crippen molar-refractivity contribution < 1.29 is 4.42 Å². The van der Waals surface area contributed by atoms with Crippen molar-refractivity contribution in [1.82, 2.24) is 14.1 Å². The van der Waals surface area contributed by atoms with Gasteiger partial charge in [0, 0.05) is 44.0 Å². The third kappa shape index (κ3) is 3.92. The third-order valence-corrected chi connectivity index (χ3v) is 9.33. The molecule has 0 spiro atoms. The molecule has 0 aliphatic heterocycles. The molecule has 0 aliphatic rings. The van der Waals surface area contributed by atoms with Crippen LogP contribution in [0.1, 0.15) is 0 Å². The molecule has 0 fully saturated rings. The minimum Gasteiger partial charge on any atom is -0.455 e. The molecule has 0 saturated carbocycles. The van der Waals surface area contributed by atoms with Crippen molar-refractivity contribution in [2.24, 2.45) is 0 Å². The molecule has 3 aromatic heterocycles. The van der Waals surface area contributed by atoms with Crippen LogP contribution in [0.3, 0.4) is 0 Å². The summed E-state index contributed by atoms with van der Waals surface area (Å²) < 4.78 is 11.0. The number of benzene rings is 7. The van der Waals surface area contributed by atoms with Crippen molar-refractivity contribution in [2.45, 2.75) is 0 Å². The van der Waals surface area contributed by atoms with E-state index in [9.17, 15) is 0 Å². The molecule has 0 bridgehead atoms. The summed E-state index contributed by atoms with van der Waals surface area (Å²) in [5.74, 6) is 0.918. The van der Waals surface area contributed by atoms with Crippen molar-refractivity contribution in [3.05, 3.63) is 164 Å². The molecular formula is C43H27N3O. The number of imidazole rings is 1. The molecule has 0 atom stereocenters. The maximum absolute atomic E-state index is 6.42. The third-order valence-electron chi connectivity index (χ3n) is 9.33. The van der Waals surface area contributed by atoms with Crippen LogP contribution in [-0.2, 0) is 0 Å². The van der Waals surface area contributed by atoms with E-state index in [1.165, 1.54) is 10.8 Å². The molecule has 4 nitrogen and oxygen atoms in total. The van der Waals surface area contributed by atoms with Gasteiger partial charge >= 0.3 is 0 Å². The first-order chi connectivity index (χ1) is 23.3. The number of fused-ring (bicyclic) bond motifs is 7. The molecule has 4 heteroatoms. The summed E-state index contributed by atoms with van der Waals surface area (Å²) in [7, 11) is 0. The van der Waals surface area contributed by atoms with E-state index in [0.29, 0.717) is 0 Å². The van der Waals surface area contributed by atoms with Gasteiger partial charge in [-0.15, -0.1) is 0 Å². The Balaban J connectivity index is 1.17. The van der Waals surface area contributed by atoms with E-state index in [2.05, 4.69) is 149 Å². The number of furan rings is 1. The van der Waals surface area contributed by atoms with E-state index in [4.69, 9.17) is 9.40 Å². The normalized spacial score (nSPS) is 11.8. The standard InChI is InChI=1S/C43H27N3O/c1-2-13-30(14-3-1)46-40-22-8-6-20-37(40)44-43(46)29-12-10-15-31(26-29)45-38-21-7-4-16-33(38)36-27-28(24-25-39(36)45)32-18-11-19-35-34-17-5-9-23-41(34)47-42(32)35/h1-27H. The fraction of sp³-hybridized carbons (Fsp3) is 0. The quantitative estimate of drug-likeness (QED) is 0.201. The number of nitrogens with zero attached hydrogens (tertiary/aromatic N) is 3. The highest BCUT2D eigenvalue weighted by Gasteiger charge is 2.18. The molecule has 47 heavy (non-hydrogen) atoms. The van der Waals surface area contributed by atoms with Crippen molar-refractivity contribution in [1.29, 1.82) is 0 Å². The molecule has 0 amide bonds. The molecule has 7 aromatic carbocycles. The molecule has 0 radical (unpaired) electrons. The summed E-state index contributed by atoms with van der Waals surface area (Å²) in [6, 6.07) is 57.7. The fourth-order valence-electron chi connectivity index (χ4n) is 7.24. The lowest BCUT2D eigenvalue weighted by Gasteiger charge is -2.12. The van der Waals surface area contributed by atoms with Crippen LogP contribution in [0.25, 0.3) is 88.7 Å². The van der Waals surface area contributed by atoms with E-state index in [-0.39, 0.29) is 0 Å². The van der Waals surface area contributed by atoms with Crippen molar-refractivity contribution in [3.63, 3.8) is 0 Å². The second-order valence-corrected chi connectivity index (χ2v) is 12.0. The van der Waals surface area contributed by atoms with Crippen molar-refractivity contribution >= 4 is 54.8 Å². The summed E-state index contributed by atoms with van der Waals surface area (Å²) in [5, 5.41) is 4.69. The highest BCUT2D eigenvalue weighted by Crippen LogP contribution is 2.40. The lowest BCUT2D eigenvalue weighted by atomic mass is 10.0. The molecule has 10 aromatic rings. The van der Waals surface area contributed by atoms with Crippen molar-refractivity contribution in [2.75, 3.05) is 0 Å². The zero-order valence-electron chi connectivity index (χ0n) is 25.3. The minimum atomic E-state index is 0.910. The van der Waals surface area contributed by atoms with Gasteiger partial charge in [0.1, 0.15) is 17.0 Å². The zero-order chi connectivity index (χ0) is 30.9. The predicted molar refractivity (Wildman–Crippen MR) is 194 cm³/mol. The number of hydrogen-bond acceptors (Lipinski definition) is 2. The van der Waals surface area contributed by atoms with Gasteiger partial charge in [0.15, 0.2) is 0 Å². The molecule has 0 saturated heterocycles. The molecule has 0 unspecified atom stereocenters. The van der Waals surface area contributed by atoms with Gasteiger partial charge in [-0.1, -0.05) is 103 Å². The number of para-hydroxylation sites is 6. The Bertz CT molecular complexity index is 2800. The summed E-state index contributed by atoms with van der Waals surface area (Å²) in [4.78, 5) is 5.14. The van der Waals surface area contributed by atoms with Crippen LogP contribution in [-0.4, -0.2) is 14.1 Å². The second-order valence-electron chi connectivity index (χ2n) is 12.0. The van der Waals surface area contributed by atoms with Gasteiger partial charge in [-0.2, -0.15) is 0 Å². The lowest BCUT2D eigenvalue weighted by molar-refractivity contribution is 0.670. The number of rotatable bonds is 4. The molecule has 10 rings (SSSR count). The van der Waals surface area contributed by atoms with Gasteiger partial charge in [-0.3, -0.25) is 4.57 Å². The molecule has 3 heterocycles. The molecule has 220 valence electrons. The van der Waals surface area contributed by atoms with Crippen LogP contribution in [0.5, 0.6) is 0 Å². The average molecular weight is 602 g/mol. The fourth-order valence-corrected chi connectivity index (χ4v) is 7.24. The van der Waals surface area contributed by atoms with Crippen LogP contribution in [0.2, 0.25) is 0 Å². The van der Waals surface area contributed by atoms with E-state index < -0.39 is 0 Å². The summed E-state index contributed by atoms with van der Waals surface area (Å²) in [5.41, 5.74) is 11.7. The topological polar surface area (TPSA) is 35.9 Å². The van der Waals surface area contributed by atoms with Gasteiger partial charge in [-0.05, 0) is 66.2 Å². The van der Waals surface area contributed by atoms with Gasteiger partial charge < -0.3 is 8.98 Å². The van der Waals surface area contributed by atoms with Crippen LogP contribution in [0.15, 0.2) is 168 Å². The Kier molecular flexibility index (Phi) is 5.54. The second kappa shape index (κ2) is 10.1. The van der Waals surface area contributed by atoms with Crippen LogP contribution >= 0.6 is 0 Å². The Morgan fingerprint density at radius 2 is 1.13 bits per heavy atom. The Morgan fingerprint density at radius 3 is 2.04 bits per heavy atom. The first-order valence-electron chi connectivity index (χ1n) is 15.9. The van der Waals surface area contributed by atoms with Crippen LogP contribution < -0.4 is 0 Å². The molecular weight excluding hydrogens is 574 g/mol. The maximum atomic E-state index is 6.42. The summed E-state index contributed by atoms with van der Waals surface area (Å²) in [6.45, 7) is 0. The lowest BCUT2D eigenvalue weighted by Crippen LogP contribution is -1.99. The largest absolute Gasteiger partial charge is 0.455 e. The van der Waals surface area contributed by atoms with E-state index in [1.807, 2.05) is 24.3 Å². The van der Waals surface area contributed by atoms with E-state index in [0.717, 1.165) is 77.9 Å². The first kappa shape index (κ1) is 25.9. The number of aromatic nitrogens is 3. The first-order valence-corrected chi connectivity index (χ1v) is 15.9. The van der Waals surface area contributed by atoms with Crippen molar-refractivity contribution in [3.8, 4) is 33.9 Å². The molecule has 0 N–H and O–H groups in total. The average Bonchev–Trinajstić information content (AvgIpc) is 3.82. The Hall–Kier alpha value is -6.39. The smallest absolute Gasteiger partial charge is 0.145 e. The highest BCUT2D eigenvalue weighted by atomic mass is 16.3. The van der Waals surface area contributed by atoms with Gasteiger partial charge in [0.25, 0.3) is 0 Å². The van der Waals surface area contributed by atoms with E-state index >= 15 is 0 Å². The predicted octanol–water partition coefficient (Wildman–Crippen LogP) is 11.4. The molecule has 0 aliphatic carbocycles. The minimum absolute atomic E-state index is 0.910. The Labute approximate surface area is 270 Å². The number of hydrogen-bond donors (Lipinski definition) is 0. The van der Waals surface area contributed by atoms with Gasteiger partial charge in [0.2, 0.25) is 0 Å². The van der Waals surface area contributed by atoms with Crippen LogP contribution in [0, 0.1) is 0 Å². The van der Waals surface area contributed by atoms with Gasteiger partial charge in [0.05, 0.1) is 22.1 Å². The SMILES string of the molecule is c1ccc(-n2c(-c3cccc(-n4c5ccccc5c5cc(-c6cccc7c6oc6ccccc67)ccc54)c3)nc3ccccc32)cc1. The zero-order valence-corrected chi connectivity index (χ0v) is 25.3. The maximum Gasteiger partial charge on any atom is 0.145 e. The highest BCUT2D eigenvalue weighted by molar-refractivity contribution is 6.13. The Morgan fingerprint density at radius 1 is 0.426 bits per heavy atom. The van der Waals surface area contributed by atoms with E-state index in [1.54, 1.807) is 0 Å². The summed E-state index contributed by atoms with van der Waals surface area (Å²) in [6.07, 6.45) is 0. The van der Waals surface area contributed by atoms with Crippen LogP contribution in [0.4, 0.5) is 0 Å². The monoisotopic (exact) mass is 601 g/mol. The summed E-state index contributed by atoms with van der Waals surface area (Å²) >= 11 is 0.